The molecule has 1 unspecified atom stereocenters. The summed E-state index contributed by atoms with van der Waals surface area (Å²) in [5.41, 5.74) is 2.00. The summed E-state index contributed by atoms with van der Waals surface area (Å²) in [5.74, 6) is 0.201. The summed E-state index contributed by atoms with van der Waals surface area (Å²) in [4.78, 5) is 29.0. The van der Waals surface area contributed by atoms with E-state index in [0.29, 0.717) is 47.5 Å². The van der Waals surface area contributed by atoms with E-state index in [0.717, 1.165) is 11.3 Å². The normalized spacial score (nSPS) is 15.7. The minimum absolute atomic E-state index is 0.0148. The topological polar surface area (TPSA) is 66.7 Å². The molecule has 1 atom stereocenters. The molecule has 1 fully saturated rings. The Hall–Kier alpha value is -2.05. The van der Waals surface area contributed by atoms with Crippen LogP contribution in [0.15, 0.2) is 22.7 Å². The standard InChI is InChI=1S/C19H21Cl2N3O3/c1-11(17-12(2)22-27-13(17)3)18(25)23-6-8-24(9-7-23)19(26)15-5-4-14(20)10-16(15)21/h4-5,10-11H,6-9H2,1-3H3. The van der Waals surface area contributed by atoms with E-state index in [-0.39, 0.29) is 17.7 Å². The van der Waals surface area contributed by atoms with Crippen molar-refractivity contribution in [3.05, 3.63) is 50.8 Å². The van der Waals surface area contributed by atoms with E-state index >= 15 is 0 Å². The summed E-state index contributed by atoms with van der Waals surface area (Å²) in [7, 11) is 0. The van der Waals surface area contributed by atoms with Crippen LogP contribution in [0.3, 0.4) is 0 Å². The van der Waals surface area contributed by atoms with Crippen molar-refractivity contribution in [2.75, 3.05) is 26.2 Å². The number of hydrogen-bond acceptors (Lipinski definition) is 4. The van der Waals surface area contributed by atoms with E-state index in [4.69, 9.17) is 27.7 Å². The van der Waals surface area contributed by atoms with Gasteiger partial charge in [0.2, 0.25) is 5.91 Å². The van der Waals surface area contributed by atoms with Gasteiger partial charge in [-0.15, -0.1) is 0 Å². The molecule has 0 spiro atoms. The molecule has 6 nitrogen and oxygen atoms in total. The van der Waals surface area contributed by atoms with Crippen LogP contribution in [0.25, 0.3) is 0 Å². The Morgan fingerprint density at radius 2 is 1.74 bits per heavy atom. The maximum Gasteiger partial charge on any atom is 0.255 e. The summed E-state index contributed by atoms with van der Waals surface area (Å²) in [6, 6.07) is 4.83. The second kappa shape index (κ2) is 7.90. The van der Waals surface area contributed by atoms with Crippen LogP contribution in [0, 0.1) is 13.8 Å². The highest BCUT2D eigenvalue weighted by Crippen LogP contribution is 2.26. The largest absolute Gasteiger partial charge is 0.361 e. The van der Waals surface area contributed by atoms with Crippen molar-refractivity contribution in [3.8, 4) is 0 Å². The molecule has 0 saturated carbocycles. The van der Waals surface area contributed by atoms with Crippen LogP contribution in [0.1, 0.15) is 40.2 Å². The highest BCUT2D eigenvalue weighted by molar-refractivity contribution is 6.36. The monoisotopic (exact) mass is 409 g/mol. The van der Waals surface area contributed by atoms with Gasteiger partial charge >= 0.3 is 0 Å². The number of aromatic nitrogens is 1. The number of halogens is 2. The zero-order valence-corrected chi connectivity index (χ0v) is 17.0. The first-order valence-electron chi connectivity index (χ1n) is 8.75. The first kappa shape index (κ1) is 19.7. The molecule has 0 bridgehead atoms. The quantitative estimate of drug-likeness (QED) is 0.774. The van der Waals surface area contributed by atoms with Crippen LogP contribution in [-0.4, -0.2) is 52.9 Å². The van der Waals surface area contributed by atoms with Gasteiger partial charge in [0.1, 0.15) is 5.76 Å². The van der Waals surface area contributed by atoms with Gasteiger partial charge in [-0.05, 0) is 39.0 Å². The van der Waals surface area contributed by atoms with Crippen molar-refractivity contribution in [2.24, 2.45) is 0 Å². The Morgan fingerprint density at radius 3 is 2.30 bits per heavy atom. The van der Waals surface area contributed by atoms with Crippen LogP contribution in [0.4, 0.5) is 0 Å². The molecule has 0 aliphatic carbocycles. The third-order valence-corrected chi connectivity index (χ3v) is 5.48. The highest BCUT2D eigenvalue weighted by atomic mass is 35.5. The molecule has 2 amide bonds. The van der Waals surface area contributed by atoms with Gasteiger partial charge in [0.25, 0.3) is 5.91 Å². The molecule has 0 radical (unpaired) electrons. The van der Waals surface area contributed by atoms with E-state index in [1.54, 1.807) is 28.0 Å². The van der Waals surface area contributed by atoms with Crippen molar-refractivity contribution in [1.82, 2.24) is 15.0 Å². The molecule has 2 aromatic rings. The first-order valence-corrected chi connectivity index (χ1v) is 9.51. The van der Waals surface area contributed by atoms with Crippen molar-refractivity contribution >= 4 is 35.0 Å². The SMILES string of the molecule is Cc1noc(C)c1C(C)C(=O)N1CCN(C(=O)c2ccc(Cl)cc2Cl)CC1. The lowest BCUT2D eigenvalue weighted by Gasteiger charge is -2.36. The molecular weight excluding hydrogens is 389 g/mol. The number of nitrogens with zero attached hydrogens (tertiary/aromatic N) is 3. The van der Waals surface area contributed by atoms with Crippen LogP contribution in [0.2, 0.25) is 10.0 Å². The van der Waals surface area contributed by atoms with Crippen LogP contribution < -0.4 is 0 Å². The molecule has 1 aliphatic heterocycles. The fraction of sp³-hybridized carbons (Fsp3) is 0.421. The molecule has 1 aromatic carbocycles. The highest BCUT2D eigenvalue weighted by Gasteiger charge is 2.31. The van der Waals surface area contributed by atoms with Gasteiger partial charge in [-0.3, -0.25) is 9.59 Å². The number of hydrogen-bond donors (Lipinski definition) is 0. The maximum absolute atomic E-state index is 12.9. The molecule has 27 heavy (non-hydrogen) atoms. The van der Waals surface area contributed by atoms with Crippen molar-refractivity contribution < 1.29 is 14.1 Å². The molecule has 2 heterocycles. The predicted molar refractivity (Wildman–Crippen MR) is 103 cm³/mol. The Balaban J connectivity index is 1.64. The van der Waals surface area contributed by atoms with Gasteiger partial charge in [0.05, 0.1) is 22.2 Å². The number of amides is 2. The average molecular weight is 410 g/mol. The van der Waals surface area contributed by atoms with E-state index in [1.165, 1.54) is 0 Å². The third-order valence-electron chi connectivity index (χ3n) is 4.93. The molecular formula is C19H21Cl2N3O3. The van der Waals surface area contributed by atoms with Crippen molar-refractivity contribution in [2.45, 2.75) is 26.7 Å². The number of benzene rings is 1. The van der Waals surface area contributed by atoms with Crippen LogP contribution in [0.5, 0.6) is 0 Å². The molecule has 8 heteroatoms. The third kappa shape index (κ3) is 3.96. The van der Waals surface area contributed by atoms with Gasteiger partial charge in [-0.25, -0.2) is 0 Å². The summed E-state index contributed by atoms with van der Waals surface area (Å²) >= 11 is 12.0. The Labute approximate surface area is 168 Å². The molecule has 3 rings (SSSR count). The Morgan fingerprint density at radius 1 is 1.11 bits per heavy atom. The van der Waals surface area contributed by atoms with Gasteiger partial charge < -0.3 is 14.3 Å². The number of rotatable bonds is 3. The zero-order valence-electron chi connectivity index (χ0n) is 15.5. The first-order chi connectivity index (χ1) is 12.8. The van der Waals surface area contributed by atoms with Crippen molar-refractivity contribution in [3.63, 3.8) is 0 Å². The lowest BCUT2D eigenvalue weighted by molar-refractivity contribution is -0.133. The molecule has 1 saturated heterocycles. The van der Waals surface area contributed by atoms with E-state index in [2.05, 4.69) is 5.16 Å². The fourth-order valence-electron chi connectivity index (χ4n) is 3.47. The van der Waals surface area contributed by atoms with E-state index < -0.39 is 0 Å². The lowest BCUT2D eigenvalue weighted by atomic mass is 9.97. The smallest absolute Gasteiger partial charge is 0.255 e. The summed E-state index contributed by atoms with van der Waals surface area (Å²) < 4.78 is 5.18. The van der Waals surface area contributed by atoms with Crippen molar-refractivity contribution in [1.29, 1.82) is 0 Å². The maximum atomic E-state index is 12.9. The van der Waals surface area contributed by atoms with Gasteiger partial charge in [-0.1, -0.05) is 28.4 Å². The second-order valence-corrected chi connectivity index (χ2v) is 7.54. The lowest BCUT2D eigenvalue weighted by Crippen LogP contribution is -2.51. The van der Waals surface area contributed by atoms with E-state index in [1.807, 2.05) is 20.8 Å². The van der Waals surface area contributed by atoms with Crippen LogP contribution >= 0.6 is 23.2 Å². The Kier molecular flexibility index (Phi) is 5.77. The van der Waals surface area contributed by atoms with Gasteiger partial charge in [-0.2, -0.15) is 0 Å². The molecule has 144 valence electrons. The summed E-state index contributed by atoms with van der Waals surface area (Å²) in [5, 5.41) is 4.75. The van der Waals surface area contributed by atoms with Gasteiger partial charge in [0, 0.05) is 36.8 Å². The molecule has 1 aliphatic rings. The average Bonchev–Trinajstić information content (AvgIpc) is 2.98. The number of carbonyl (C=O) groups excluding carboxylic acids is 2. The molecule has 0 N–H and O–H groups in total. The summed E-state index contributed by atoms with van der Waals surface area (Å²) in [6.45, 7) is 7.37. The zero-order chi connectivity index (χ0) is 19.7. The minimum atomic E-state index is -0.329. The molecule has 1 aromatic heterocycles. The second-order valence-electron chi connectivity index (χ2n) is 6.70. The number of carbonyl (C=O) groups is 2. The van der Waals surface area contributed by atoms with E-state index in [9.17, 15) is 9.59 Å². The van der Waals surface area contributed by atoms with Crippen LogP contribution in [-0.2, 0) is 4.79 Å². The number of piperazine rings is 1. The predicted octanol–water partition coefficient (Wildman–Crippen LogP) is 3.69. The number of aryl methyl sites for hydroxylation is 2. The fourth-order valence-corrected chi connectivity index (χ4v) is 3.96. The minimum Gasteiger partial charge on any atom is -0.361 e. The van der Waals surface area contributed by atoms with Gasteiger partial charge in [0.15, 0.2) is 0 Å². The Bertz CT molecular complexity index is 854. The summed E-state index contributed by atoms with van der Waals surface area (Å²) in [6.07, 6.45) is 0.